The second-order valence-electron chi connectivity index (χ2n) is 5.00. The number of phenols is 1. The van der Waals surface area contributed by atoms with E-state index < -0.39 is 0 Å². The molecule has 3 rings (SSSR count). The lowest BCUT2D eigenvalue weighted by Crippen LogP contribution is -2.19. The van der Waals surface area contributed by atoms with Crippen LogP contribution in [0.2, 0.25) is 5.02 Å². The van der Waals surface area contributed by atoms with Crippen molar-refractivity contribution in [2.75, 3.05) is 0 Å². The van der Waals surface area contributed by atoms with Gasteiger partial charge in [0.2, 0.25) is 0 Å². The summed E-state index contributed by atoms with van der Waals surface area (Å²) in [6.07, 6.45) is 1.72. The molecule has 1 heterocycles. The van der Waals surface area contributed by atoms with Crippen molar-refractivity contribution in [1.29, 1.82) is 0 Å². The summed E-state index contributed by atoms with van der Waals surface area (Å²) in [5, 5.41) is 13.5. The van der Waals surface area contributed by atoms with Crippen LogP contribution in [0.25, 0.3) is 6.08 Å². The van der Waals surface area contributed by atoms with E-state index in [1.54, 1.807) is 30.3 Å². The van der Waals surface area contributed by atoms with E-state index in [1.165, 1.54) is 11.8 Å². The van der Waals surface area contributed by atoms with Crippen molar-refractivity contribution in [3.8, 4) is 5.75 Å². The third-order valence-corrected chi connectivity index (χ3v) is 4.45. The highest BCUT2D eigenvalue weighted by atomic mass is 35.5. The predicted octanol–water partition coefficient (Wildman–Crippen LogP) is 4.25. The van der Waals surface area contributed by atoms with Crippen LogP contribution in [0, 0.1) is 6.92 Å². The zero-order valence-corrected chi connectivity index (χ0v) is 13.8. The maximum atomic E-state index is 12.1. The molecule has 0 spiro atoms. The van der Waals surface area contributed by atoms with Crippen LogP contribution in [0.15, 0.2) is 52.4 Å². The predicted molar refractivity (Wildman–Crippen MR) is 95.1 cm³/mol. The maximum absolute atomic E-state index is 12.1. The van der Waals surface area contributed by atoms with Crippen molar-refractivity contribution >= 4 is 46.2 Å². The second kappa shape index (κ2) is 6.48. The van der Waals surface area contributed by atoms with Crippen LogP contribution in [0.1, 0.15) is 11.1 Å². The number of nitrogens with one attached hydrogen (secondary N) is 1. The largest absolute Gasteiger partial charge is 0.506 e. The van der Waals surface area contributed by atoms with Gasteiger partial charge in [-0.1, -0.05) is 35.9 Å². The molecule has 1 fully saturated rings. The average Bonchev–Trinajstić information content (AvgIpc) is 2.85. The minimum absolute atomic E-state index is 0.0708. The van der Waals surface area contributed by atoms with E-state index in [0.29, 0.717) is 20.8 Å². The van der Waals surface area contributed by atoms with Crippen LogP contribution in [0.5, 0.6) is 5.75 Å². The Hall–Kier alpha value is -2.24. The topological polar surface area (TPSA) is 61.7 Å². The maximum Gasteiger partial charge on any atom is 0.264 e. The number of hydrogen-bond acceptors (Lipinski definition) is 4. The Morgan fingerprint density at radius 1 is 1.26 bits per heavy atom. The molecule has 2 N–H and O–H groups in total. The van der Waals surface area contributed by atoms with Gasteiger partial charge >= 0.3 is 0 Å². The zero-order valence-electron chi connectivity index (χ0n) is 12.2. The van der Waals surface area contributed by atoms with Crippen LogP contribution in [0.4, 0.5) is 5.69 Å². The van der Waals surface area contributed by atoms with E-state index in [4.69, 9.17) is 11.6 Å². The number of benzene rings is 2. The molecule has 0 atom stereocenters. The summed E-state index contributed by atoms with van der Waals surface area (Å²) in [5.41, 5.74) is 2.17. The fraction of sp³-hybridized carbons (Fsp3) is 0.0588. The van der Waals surface area contributed by atoms with Gasteiger partial charge in [0.05, 0.1) is 4.91 Å². The van der Waals surface area contributed by atoms with Crippen molar-refractivity contribution in [1.82, 2.24) is 5.32 Å². The standard InChI is InChI=1S/C17H13ClN2O2S/c1-10-6-7-14(21)13(8-10)19-17-20-16(22)15(23-17)9-11-4-2-3-5-12(11)18/h2-9,21H,1H3,(H,19,20,22)/b15-9-. The fourth-order valence-electron chi connectivity index (χ4n) is 2.05. The van der Waals surface area contributed by atoms with Crippen LogP contribution < -0.4 is 5.32 Å². The van der Waals surface area contributed by atoms with Crippen molar-refractivity contribution in [2.45, 2.75) is 6.92 Å². The number of carbonyl (C=O) groups is 1. The van der Waals surface area contributed by atoms with Gasteiger partial charge in [0.25, 0.3) is 5.91 Å². The van der Waals surface area contributed by atoms with Crippen molar-refractivity contribution in [3.63, 3.8) is 0 Å². The number of thioether (sulfide) groups is 1. The molecule has 0 aliphatic carbocycles. The number of carbonyl (C=O) groups excluding carboxylic acids is 1. The first-order valence-electron chi connectivity index (χ1n) is 6.86. The quantitative estimate of drug-likeness (QED) is 0.801. The van der Waals surface area contributed by atoms with Gasteiger partial charge in [-0.05, 0) is 54.1 Å². The van der Waals surface area contributed by atoms with Gasteiger partial charge in [-0.3, -0.25) is 4.79 Å². The van der Waals surface area contributed by atoms with Crippen LogP contribution >= 0.6 is 23.4 Å². The van der Waals surface area contributed by atoms with Gasteiger partial charge < -0.3 is 10.4 Å². The molecule has 2 aromatic rings. The van der Waals surface area contributed by atoms with Crippen LogP contribution in [-0.4, -0.2) is 16.2 Å². The number of amides is 1. The lowest BCUT2D eigenvalue weighted by molar-refractivity contribution is -0.115. The highest BCUT2D eigenvalue weighted by molar-refractivity contribution is 8.18. The molecule has 6 heteroatoms. The minimum atomic E-state index is -0.235. The molecule has 2 aromatic carbocycles. The van der Waals surface area contributed by atoms with Gasteiger partial charge in [-0.2, -0.15) is 0 Å². The molecule has 0 radical (unpaired) electrons. The van der Waals surface area contributed by atoms with E-state index in [-0.39, 0.29) is 11.7 Å². The number of aromatic hydroxyl groups is 1. The molecular weight excluding hydrogens is 332 g/mol. The van der Waals surface area contributed by atoms with E-state index in [1.807, 2.05) is 25.1 Å². The molecule has 1 aliphatic rings. The Morgan fingerprint density at radius 3 is 2.83 bits per heavy atom. The number of nitrogens with zero attached hydrogens (tertiary/aromatic N) is 1. The molecule has 1 aliphatic heterocycles. The number of amidine groups is 1. The Kier molecular flexibility index (Phi) is 4.41. The lowest BCUT2D eigenvalue weighted by atomic mass is 10.2. The smallest absolute Gasteiger partial charge is 0.264 e. The third-order valence-electron chi connectivity index (χ3n) is 3.20. The summed E-state index contributed by atoms with van der Waals surface area (Å²) in [6.45, 7) is 1.91. The summed E-state index contributed by atoms with van der Waals surface area (Å²) in [5.74, 6) is -0.165. The third kappa shape index (κ3) is 3.57. The Morgan fingerprint density at radius 2 is 2.04 bits per heavy atom. The molecule has 0 saturated carbocycles. The van der Waals surface area contributed by atoms with Gasteiger partial charge in [-0.15, -0.1) is 0 Å². The lowest BCUT2D eigenvalue weighted by Gasteiger charge is -2.01. The van der Waals surface area contributed by atoms with E-state index in [0.717, 1.165) is 11.1 Å². The Labute approximate surface area is 142 Å². The monoisotopic (exact) mass is 344 g/mol. The number of halogens is 1. The molecular formula is C17H13ClN2O2S. The van der Waals surface area contributed by atoms with Gasteiger partial charge in [-0.25, -0.2) is 4.99 Å². The summed E-state index contributed by atoms with van der Waals surface area (Å²) in [7, 11) is 0. The number of aliphatic imine (C=N–C) groups is 1. The number of rotatable bonds is 2. The van der Waals surface area contributed by atoms with Crippen molar-refractivity contribution < 1.29 is 9.90 Å². The summed E-state index contributed by atoms with van der Waals surface area (Å²) in [6, 6.07) is 12.4. The van der Waals surface area contributed by atoms with Crippen molar-refractivity contribution in [2.24, 2.45) is 4.99 Å². The van der Waals surface area contributed by atoms with Gasteiger partial charge in [0.1, 0.15) is 11.4 Å². The van der Waals surface area contributed by atoms with Gasteiger partial charge in [0, 0.05) is 5.02 Å². The molecule has 0 aromatic heterocycles. The molecule has 1 saturated heterocycles. The molecule has 0 bridgehead atoms. The summed E-state index contributed by atoms with van der Waals surface area (Å²) in [4.78, 5) is 16.9. The Bertz CT molecular complexity index is 846. The average molecular weight is 345 g/mol. The SMILES string of the molecule is Cc1ccc(O)c(N=C2NC(=O)/C(=C/c3ccccc3Cl)S2)c1. The fourth-order valence-corrected chi connectivity index (χ4v) is 3.06. The summed E-state index contributed by atoms with van der Waals surface area (Å²) < 4.78 is 0. The molecule has 23 heavy (non-hydrogen) atoms. The highest BCUT2D eigenvalue weighted by Crippen LogP contribution is 2.32. The first-order valence-corrected chi connectivity index (χ1v) is 8.06. The van der Waals surface area contributed by atoms with Crippen LogP contribution in [-0.2, 0) is 4.79 Å². The molecule has 4 nitrogen and oxygen atoms in total. The van der Waals surface area contributed by atoms with Crippen molar-refractivity contribution in [3.05, 3.63) is 63.5 Å². The van der Waals surface area contributed by atoms with Crippen LogP contribution in [0.3, 0.4) is 0 Å². The number of hydrogen-bond donors (Lipinski definition) is 2. The van der Waals surface area contributed by atoms with E-state index in [2.05, 4.69) is 10.3 Å². The molecule has 1 amide bonds. The first-order chi connectivity index (χ1) is 11.0. The highest BCUT2D eigenvalue weighted by Gasteiger charge is 2.24. The summed E-state index contributed by atoms with van der Waals surface area (Å²) >= 11 is 7.32. The molecule has 0 unspecified atom stereocenters. The van der Waals surface area contributed by atoms with E-state index in [9.17, 15) is 9.90 Å². The normalized spacial score (nSPS) is 17.7. The van der Waals surface area contributed by atoms with Gasteiger partial charge in [0.15, 0.2) is 5.17 Å². The number of phenolic OH excluding ortho intramolecular Hbond substituents is 1. The number of aryl methyl sites for hydroxylation is 1. The molecule has 116 valence electrons. The zero-order chi connectivity index (χ0) is 16.4. The Balaban J connectivity index is 1.89. The first kappa shape index (κ1) is 15.6. The second-order valence-corrected chi connectivity index (χ2v) is 6.43. The minimum Gasteiger partial charge on any atom is -0.506 e. The van der Waals surface area contributed by atoms with E-state index >= 15 is 0 Å².